The maximum Gasteiger partial charge on any atom is 0.144 e. The largest absolute Gasteiger partial charge is 0.495 e. The quantitative estimate of drug-likeness (QED) is 0.893. The van der Waals surface area contributed by atoms with E-state index in [1.807, 2.05) is 18.2 Å². The maximum atomic E-state index is 6.23. The molecule has 0 aliphatic heterocycles. The molecule has 1 aromatic carbocycles. The molecule has 0 radical (unpaired) electrons. The maximum absolute atomic E-state index is 6.23. The van der Waals surface area contributed by atoms with E-state index in [9.17, 15) is 0 Å². The van der Waals surface area contributed by atoms with Crippen molar-refractivity contribution in [2.45, 2.75) is 26.2 Å². The van der Waals surface area contributed by atoms with E-state index in [-0.39, 0.29) is 5.41 Å². The molecule has 0 saturated carbocycles. The van der Waals surface area contributed by atoms with Crippen LogP contribution in [0.1, 0.15) is 31.9 Å². The average molecular weight is 254 g/mol. The van der Waals surface area contributed by atoms with Crippen LogP contribution in [-0.4, -0.2) is 13.7 Å². The number of hydrogen-bond donors (Lipinski definition) is 1. The highest BCUT2D eigenvalue weighted by molar-refractivity contribution is 6.32. The molecular weight excluding hydrogens is 234 g/mol. The fraction of sp³-hybridized carbons (Fsp3) is 0.429. The van der Waals surface area contributed by atoms with E-state index in [1.165, 1.54) is 5.56 Å². The minimum atomic E-state index is 0.0568. The van der Waals surface area contributed by atoms with Crippen LogP contribution < -0.4 is 10.5 Å². The smallest absolute Gasteiger partial charge is 0.144 e. The van der Waals surface area contributed by atoms with Crippen LogP contribution in [0.15, 0.2) is 18.2 Å². The molecule has 1 aromatic rings. The zero-order chi connectivity index (χ0) is 13.1. The third-order valence-corrected chi connectivity index (χ3v) is 2.86. The van der Waals surface area contributed by atoms with Crippen LogP contribution in [0.3, 0.4) is 0 Å². The molecule has 0 spiro atoms. The number of benzene rings is 1. The minimum absolute atomic E-state index is 0.0568. The van der Waals surface area contributed by atoms with Gasteiger partial charge in [-0.1, -0.05) is 44.5 Å². The van der Waals surface area contributed by atoms with E-state index >= 15 is 0 Å². The molecule has 0 heterocycles. The molecule has 0 amide bonds. The zero-order valence-corrected chi connectivity index (χ0v) is 11.6. The Kier molecular flexibility index (Phi) is 4.61. The summed E-state index contributed by atoms with van der Waals surface area (Å²) in [4.78, 5) is 0. The first-order chi connectivity index (χ1) is 7.90. The topological polar surface area (TPSA) is 35.2 Å². The molecule has 17 heavy (non-hydrogen) atoms. The van der Waals surface area contributed by atoms with Crippen LogP contribution in [0.4, 0.5) is 0 Å². The first kappa shape index (κ1) is 14.1. The Morgan fingerprint density at radius 2 is 2.00 bits per heavy atom. The van der Waals surface area contributed by atoms with E-state index in [0.29, 0.717) is 17.3 Å². The van der Waals surface area contributed by atoms with Gasteiger partial charge in [0, 0.05) is 12.1 Å². The molecule has 0 aliphatic carbocycles. The van der Waals surface area contributed by atoms with Crippen molar-refractivity contribution in [3.8, 4) is 5.75 Å². The SMILES string of the molecule is COc1c(Cl)cc(C(C)(C)C)cc1/C=C/CN. The number of rotatable bonds is 3. The van der Waals surface area contributed by atoms with Crippen molar-refractivity contribution in [1.29, 1.82) is 0 Å². The van der Waals surface area contributed by atoms with Gasteiger partial charge in [-0.05, 0) is 23.1 Å². The molecule has 0 unspecified atom stereocenters. The second kappa shape index (κ2) is 5.56. The molecule has 0 saturated heterocycles. The highest BCUT2D eigenvalue weighted by Gasteiger charge is 2.17. The summed E-state index contributed by atoms with van der Waals surface area (Å²) in [6, 6.07) is 4.05. The molecule has 1 rings (SSSR count). The van der Waals surface area contributed by atoms with Crippen molar-refractivity contribution in [3.05, 3.63) is 34.4 Å². The van der Waals surface area contributed by atoms with Gasteiger partial charge in [-0.2, -0.15) is 0 Å². The monoisotopic (exact) mass is 253 g/mol. The number of hydrogen-bond acceptors (Lipinski definition) is 2. The van der Waals surface area contributed by atoms with Crippen LogP contribution in [0, 0.1) is 0 Å². The fourth-order valence-electron chi connectivity index (χ4n) is 1.58. The first-order valence-corrected chi connectivity index (χ1v) is 6.02. The highest BCUT2D eigenvalue weighted by Crippen LogP contribution is 2.35. The molecule has 0 aliphatic rings. The van der Waals surface area contributed by atoms with E-state index < -0.39 is 0 Å². The van der Waals surface area contributed by atoms with Crippen molar-refractivity contribution in [2.24, 2.45) is 5.73 Å². The fourth-order valence-corrected chi connectivity index (χ4v) is 1.89. The number of halogens is 1. The van der Waals surface area contributed by atoms with Crippen molar-refractivity contribution in [1.82, 2.24) is 0 Å². The second-order valence-electron chi connectivity index (χ2n) is 4.97. The number of ether oxygens (including phenoxy) is 1. The normalized spacial score (nSPS) is 12.1. The summed E-state index contributed by atoms with van der Waals surface area (Å²) in [6.07, 6.45) is 3.83. The summed E-state index contributed by atoms with van der Waals surface area (Å²) in [5.74, 6) is 0.698. The van der Waals surface area contributed by atoms with E-state index in [4.69, 9.17) is 22.1 Å². The Balaban J connectivity index is 3.33. The van der Waals surface area contributed by atoms with Crippen molar-refractivity contribution >= 4 is 17.7 Å². The summed E-state index contributed by atoms with van der Waals surface area (Å²) in [7, 11) is 1.62. The third-order valence-electron chi connectivity index (χ3n) is 2.58. The Labute approximate surface area is 108 Å². The molecule has 0 aromatic heterocycles. The van der Waals surface area contributed by atoms with Gasteiger partial charge in [0.15, 0.2) is 0 Å². The lowest BCUT2D eigenvalue weighted by molar-refractivity contribution is 0.413. The van der Waals surface area contributed by atoms with E-state index in [2.05, 4.69) is 26.8 Å². The molecule has 3 heteroatoms. The van der Waals surface area contributed by atoms with E-state index in [0.717, 1.165) is 5.56 Å². The van der Waals surface area contributed by atoms with Crippen LogP contribution >= 0.6 is 11.6 Å². The lowest BCUT2D eigenvalue weighted by Crippen LogP contribution is -2.11. The van der Waals surface area contributed by atoms with Crippen molar-refractivity contribution < 1.29 is 4.74 Å². The van der Waals surface area contributed by atoms with Gasteiger partial charge in [0.2, 0.25) is 0 Å². The highest BCUT2D eigenvalue weighted by atomic mass is 35.5. The predicted molar refractivity (Wildman–Crippen MR) is 74.8 cm³/mol. The lowest BCUT2D eigenvalue weighted by Gasteiger charge is -2.21. The zero-order valence-electron chi connectivity index (χ0n) is 10.9. The van der Waals surface area contributed by atoms with Gasteiger partial charge in [0.1, 0.15) is 5.75 Å². The molecule has 0 bridgehead atoms. The summed E-state index contributed by atoms with van der Waals surface area (Å²) in [6.45, 7) is 6.96. The van der Waals surface area contributed by atoms with Gasteiger partial charge in [-0.25, -0.2) is 0 Å². The summed E-state index contributed by atoms with van der Waals surface area (Å²) < 4.78 is 5.32. The number of methoxy groups -OCH3 is 1. The van der Waals surface area contributed by atoms with Gasteiger partial charge in [-0.3, -0.25) is 0 Å². The Hall–Kier alpha value is -0.990. The second-order valence-corrected chi connectivity index (χ2v) is 5.38. The van der Waals surface area contributed by atoms with Gasteiger partial charge < -0.3 is 10.5 Å². The average Bonchev–Trinajstić information content (AvgIpc) is 2.24. The van der Waals surface area contributed by atoms with Crippen molar-refractivity contribution in [3.63, 3.8) is 0 Å². The van der Waals surface area contributed by atoms with Crippen molar-refractivity contribution in [2.75, 3.05) is 13.7 Å². The molecule has 0 fully saturated rings. The number of nitrogens with two attached hydrogens (primary N) is 1. The molecule has 0 atom stereocenters. The van der Waals surface area contributed by atoms with Crippen LogP contribution in [0.2, 0.25) is 5.02 Å². The van der Waals surface area contributed by atoms with Gasteiger partial charge in [0.05, 0.1) is 12.1 Å². The molecule has 2 N–H and O–H groups in total. The third kappa shape index (κ3) is 3.48. The molecule has 2 nitrogen and oxygen atoms in total. The van der Waals surface area contributed by atoms with Crippen LogP contribution in [0.25, 0.3) is 6.08 Å². The summed E-state index contributed by atoms with van der Waals surface area (Å²) in [5, 5.41) is 0.636. The van der Waals surface area contributed by atoms with Gasteiger partial charge >= 0.3 is 0 Å². The summed E-state index contributed by atoms with van der Waals surface area (Å²) in [5.41, 5.74) is 7.67. The molecular formula is C14H20ClNO. The Morgan fingerprint density at radius 3 is 2.47 bits per heavy atom. The standard InChI is InChI=1S/C14H20ClNO/c1-14(2,3)11-8-10(6-5-7-16)13(17-4)12(15)9-11/h5-6,8-9H,7,16H2,1-4H3/b6-5+. The lowest BCUT2D eigenvalue weighted by atomic mass is 9.86. The van der Waals surface area contributed by atoms with E-state index in [1.54, 1.807) is 7.11 Å². The van der Waals surface area contributed by atoms with Crippen LogP contribution in [-0.2, 0) is 5.41 Å². The Morgan fingerprint density at radius 1 is 1.35 bits per heavy atom. The minimum Gasteiger partial charge on any atom is -0.495 e. The summed E-state index contributed by atoms with van der Waals surface area (Å²) >= 11 is 6.23. The molecule has 94 valence electrons. The van der Waals surface area contributed by atoms with Gasteiger partial charge in [0.25, 0.3) is 0 Å². The first-order valence-electron chi connectivity index (χ1n) is 5.64. The predicted octanol–water partition coefficient (Wildman–Crippen LogP) is 3.62. The van der Waals surface area contributed by atoms with Crippen LogP contribution in [0.5, 0.6) is 5.75 Å². The Bertz CT molecular complexity index is 419. The van der Waals surface area contributed by atoms with Gasteiger partial charge in [-0.15, -0.1) is 0 Å².